The van der Waals surface area contributed by atoms with E-state index in [9.17, 15) is 14.4 Å². The predicted molar refractivity (Wildman–Crippen MR) is 67.9 cm³/mol. The first-order valence-electron chi connectivity index (χ1n) is 6.43. The van der Waals surface area contributed by atoms with Crippen LogP contribution in [0.4, 0.5) is 4.39 Å². The van der Waals surface area contributed by atoms with E-state index < -0.39 is 12.9 Å². The fraction of sp³-hybridized carbons (Fsp3) is 0.538. The smallest absolute Gasteiger partial charge is 0.423 e. The quantitative estimate of drug-likeness (QED) is 0.795. The van der Waals surface area contributed by atoms with Gasteiger partial charge in [-0.15, -0.1) is 0 Å². The van der Waals surface area contributed by atoms with Gasteiger partial charge >= 0.3 is 7.12 Å². The van der Waals surface area contributed by atoms with Crippen molar-refractivity contribution < 1.29 is 19.2 Å². The number of hydrogen-bond donors (Lipinski definition) is 2. The fourth-order valence-electron chi connectivity index (χ4n) is 2.38. The van der Waals surface area contributed by atoms with Gasteiger partial charge in [0.05, 0.1) is 12.7 Å². The molecule has 0 spiro atoms. The molecule has 0 radical (unpaired) electrons. The van der Waals surface area contributed by atoms with E-state index in [0.29, 0.717) is 12.2 Å². The third-order valence-corrected chi connectivity index (χ3v) is 3.41. The lowest BCUT2D eigenvalue weighted by Gasteiger charge is -2.22. The molecular weight excluding hydrogens is 234 g/mol. The third kappa shape index (κ3) is 3.54. The second-order valence-corrected chi connectivity index (χ2v) is 4.79. The molecule has 18 heavy (non-hydrogen) atoms. The molecule has 0 unspecified atom stereocenters. The lowest BCUT2D eigenvalue weighted by Crippen LogP contribution is -2.34. The summed E-state index contributed by atoms with van der Waals surface area (Å²) in [6.45, 7) is 0.303. The highest BCUT2D eigenvalue weighted by Crippen LogP contribution is 2.21. The number of hydrogen-bond acceptors (Lipinski definition) is 3. The summed E-state index contributed by atoms with van der Waals surface area (Å²) in [7, 11) is -1.66. The van der Waals surface area contributed by atoms with Gasteiger partial charge in [0.15, 0.2) is 0 Å². The van der Waals surface area contributed by atoms with Crippen LogP contribution in [-0.2, 0) is 11.3 Å². The molecule has 5 heteroatoms. The van der Waals surface area contributed by atoms with Gasteiger partial charge in [-0.2, -0.15) is 0 Å². The van der Waals surface area contributed by atoms with E-state index in [4.69, 9.17) is 4.74 Å². The van der Waals surface area contributed by atoms with Crippen LogP contribution in [0.25, 0.3) is 0 Å². The van der Waals surface area contributed by atoms with E-state index in [-0.39, 0.29) is 11.6 Å². The second kappa shape index (κ2) is 6.32. The Morgan fingerprint density at radius 1 is 1.22 bits per heavy atom. The van der Waals surface area contributed by atoms with E-state index in [0.717, 1.165) is 18.9 Å². The largest absolute Gasteiger partial charge is 0.488 e. The molecule has 98 valence electrons. The lowest BCUT2D eigenvalue weighted by atomic mass is 9.77. The molecule has 1 aromatic carbocycles. The summed E-state index contributed by atoms with van der Waals surface area (Å²) in [5.41, 5.74) is 0.822. The van der Waals surface area contributed by atoms with Crippen molar-refractivity contribution in [2.75, 3.05) is 0 Å². The molecule has 0 bridgehead atoms. The first kappa shape index (κ1) is 13.5. The normalized spacial score (nSPS) is 16.8. The molecule has 0 amide bonds. The van der Waals surface area contributed by atoms with E-state index in [1.54, 1.807) is 6.07 Å². The van der Waals surface area contributed by atoms with E-state index in [1.165, 1.54) is 25.3 Å². The van der Waals surface area contributed by atoms with Crippen LogP contribution in [0.5, 0.6) is 0 Å². The zero-order valence-corrected chi connectivity index (χ0v) is 10.3. The number of benzene rings is 1. The first-order valence-corrected chi connectivity index (χ1v) is 6.43. The third-order valence-electron chi connectivity index (χ3n) is 3.41. The maximum Gasteiger partial charge on any atom is 0.488 e. The molecule has 0 aromatic heterocycles. The molecule has 0 saturated heterocycles. The van der Waals surface area contributed by atoms with Crippen LogP contribution >= 0.6 is 0 Å². The average molecular weight is 252 g/mol. The molecular formula is C13H18BFO3. The molecule has 1 aliphatic rings. The van der Waals surface area contributed by atoms with Crippen LogP contribution in [0.3, 0.4) is 0 Å². The Hall–Kier alpha value is -0.905. The Balaban J connectivity index is 1.99. The topological polar surface area (TPSA) is 49.7 Å². The Morgan fingerprint density at radius 3 is 2.61 bits per heavy atom. The van der Waals surface area contributed by atoms with Gasteiger partial charge in [-0.1, -0.05) is 25.3 Å². The Kier molecular flexibility index (Phi) is 4.75. The molecule has 1 fully saturated rings. The van der Waals surface area contributed by atoms with Crippen LogP contribution in [0, 0.1) is 5.82 Å². The number of ether oxygens (including phenoxy) is 1. The number of halogens is 1. The van der Waals surface area contributed by atoms with Gasteiger partial charge < -0.3 is 14.8 Å². The lowest BCUT2D eigenvalue weighted by molar-refractivity contribution is 0.0171. The van der Waals surface area contributed by atoms with Crippen LogP contribution in [0.2, 0.25) is 0 Å². The highest BCUT2D eigenvalue weighted by atomic mass is 19.1. The first-order chi connectivity index (χ1) is 8.66. The Morgan fingerprint density at radius 2 is 1.94 bits per heavy atom. The molecule has 1 aromatic rings. The van der Waals surface area contributed by atoms with Crippen molar-refractivity contribution >= 4 is 12.6 Å². The standard InChI is InChI=1S/C13H18BFO3/c15-11-7-6-10(13(8-11)14(16)17)9-18-12-4-2-1-3-5-12/h6-8,12,16-17H,1-5,9H2. The maximum atomic E-state index is 13.0. The Labute approximate surface area is 107 Å². The van der Waals surface area contributed by atoms with Crippen molar-refractivity contribution in [1.29, 1.82) is 0 Å². The van der Waals surface area contributed by atoms with Crippen molar-refractivity contribution in [3.05, 3.63) is 29.6 Å². The molecule has 0 atom stereocenters. The maximum absolute atomic E-state index is 13.0. The van der Waals surface area contributed by atoms with Crippen molar-refractivity contribution in [2.45, 2.75) is 44.8 Å². The van der Waals surface area contributed by atoms with Gasteiger partial charge in [0.2, 0.25) is 0 Å². The van der Waals surface area contributed by atoms with Gasteiger partial charge in [-0.05, 0) is 36.0 Å². The average Bonchev–Trinajstić information content (AvgIpc) is 2.38. The molecule has 1 aliphatic carbocycles. The van der Waals surface area contributed by atoms with Crippen molar-refractivity contribution in [3.63, 3.8) is 0 Å². The van der Waals surface area contributed by atoms with E-state index in [2.05, 4.69) is 0 Å². The van der Waals surface area contributed by atoms with Crippen LogP contribution < -0.4 is 5.46 Å². The highest BCUT2D eigenvalue weighted by molar-refractivity contribution is 6.59. The summed E-state index contributed by atoms with van der Waals surface area (Å²) in [4.78, 5) is 0. The zero-order chi connectivity index (χ0) is 13.0. The molecule has 2 N–H and O–H groups in total. The van der Waals surface area contributed by atoms with E-state index >= 15 is 0 Å². The molecule has 2 rings (SSSR count). The molecule has 3 nitrogen and oxygen atoms in total. The molecule has 0 heterocycles. The van der Waals surface area contributed by atoms with Gasteiger partial charge in [0.1, 0.15) is 5.82 Å². The summed E-state index contributed by atoms with van der Waals surface area (Å²) >= 11 is 0. The van der Waals surface area contributed by atoms with Gasteiger partial charge in [0, 0.05) is 0 Å². The zero-order valence-electron chi connectivity index (χ0n) is 10.3. The van der Waals surface area contributed by atoms with Crippen molar-refractivity contribution in [1.82, 2.24) is 0 Å². The monoisotopic (exact) mass is 252 g/mol. The summed E-state index contributed by atoms with van der Waals surface area (Å²) in [6, 6.07) is 4.00. The number of rotatable bonds is 4. The summed E-state index contributed by atoms with van der Waals surface area (Å²) < 4.78 is 18.8. The van der Waals surface area contributed by atoms with Crippen LogP contribution in [0.15, 0.2) is 18.2 Å². The van der Waals surface area contributed by atoms with Crippen molar-refractivity contribution in [2.24, 2.45) is 0 Å². The van der Waals surface area contributed by atoms with Crippen LogP contribution in [0.1, 0.15) is 37.7 Å². The minimum absolute atomic E-state index is 0.186. The molecule has 1 saturated carbocycles. The molecule has 0 aliphatic heterocycles. The summed E-state index contributed by atoms with van der Waals surface area (Å²) in [5, 5.41) is 18.4. The van der Waals surface area contributed by atoms with Gasteiger partial charge in [0.25, 0.3) is 0 Å². The van der Waals surface area contributed by atoms with Crippen molar-refractivity contribution in [3.8, 4) is 0 Å². The summed E-state index contributed by atoms with van der Waals surface area (Å²) in [5.74, 6) is -0.473. The second-order valence-electron chi connectivity index (χ2n) is 4.79. The van der Waals surface area contributed by atoms with Gasteiger partial charge in [-0.3, -0.25) is 0 Å². The minimum atomic E-state index is -1.66. The highest BCUT2D eigenvalue weighted by Gasteiger charge is 2.19. The minimum Gasteiger partial charge on any atom is -0.423 e. The van der Waals surface area contributed by atoms with Crippen LogP contribution in [-0.4, -0.2) is 23.3 Å². The predicted octanol–water partition coefficient (Wildman–Crippen LogP) is 1.35. The summed E-state index contributed by atoms with van der Waals surface area (Å²) in [6.07, 6.45) is 5.98. The van der Waals surface area contributed by atoms with Gasteiger partial charge in [-0.25, -0.2) is 4.39 Å². The Bertz CT molecular complexity index is 392. The van der Waals surface area contributed by atoms with E-state index in [1.807, 2.05) is 0 Å². The SMILES string of the molecule is OB(O)c1cc(F)ccc1COC1CCCCC1. The fourth-order valence-corrected chi connectivity index (χ4v) is 2.38.